The van der Waals surface area contributed by atoms with Crippen LogP contribution >= 0.6 is 0 Å². The van der Waals surface area contributed by atoms with Crippen molar-refractivity contribution in [3.05, 3.63) is 23.8 Å². The second kappa shape index (κ2) is 6.91. The zero-order valence-corrected chi connectivity index (χ0v) is 13.6. The van der Waals surface area contributed by atoms with Crippen molar-refractivity contribution < 1.29 is 13.2 Å². The molecule has 21 heavy (non-hydrogen) atoms. The van der Waals surface area contributed by atoms with Crippen LogP contribution in [-0.2, 0) is 14.8 Å². The molecule has 118 valence electrons. The van der Waals surface area contributed by atoms with Crippen LogP contribution in [-0.4, -0.2) is 26.6 Å². The third-order valence-electron chi connectivity index (χ3n) is 3.35. The number of nitrogens with one attached hydrogen (secondary N) is 2. The van der Waals surface area contributed by atoms with E-state index in [1.807, 2.05) is 13.8 Å². The van der Waals surface area contributed by atoms with Crippen LogP contribution in [0.25, 0.3) is 0 Å². The SMILES string of the molecule is CC[C@H](C)[C@H](N)C(=O)Nc1ccc(NS(C)(=O)=O)c(C)c1. The monoisotopic (exact) mass is 313 g/mol. The Balaban J connectivity index is 2.83. The van der Waals surface area contributed by atoms with Gasteiger partial charge < -0.3 is 11.1 Å². The number of aryl methyl sites for hydroxylation is 1. The first kappa shape index (κ1) is 17.5. The van der Waals surface area contributed by atoms with Gasteiger partial charge in [0.2, 0.25) is 15.9 Å². The molecule has 0 aliphatic carbocycles. The highest BCUT2D eigenvalue weighted by atomic mass is 32.2. The first-order valence-electron chi connectivity index (χ1n) is 6.79. The minimum atomic E-state index is -3.32. The molecule has 0 saturated carbocycles. The predicted molar refractivity (Wildman–Crippen MR) is 85.7 cm³/mol. The molecular weight excluding hydrogens is 290 g/mol. The van der Waals surface area contributed by atoms with Gasteiger partial charge in [-0.3, -0.25) is 9.52 Å². The molecule has 4 N–H and O–H groups in total. The first-order chi connectivity index (χ1) is 9.64. The molecule has 1 amide bonds. The number of rotatable bonds is 6. The highest BCUT2D eigenvalue weighted by Crippen LogP contribution is 2.21. The van der Waals surface area contributed by atoms with Gasteiger partial charge in [0.1, 0.15) is 0 Å². The smallest absolute Gasteiger partial charge is 0.241 e. The van der Waals surface area contributed by atoms with Crippen LogP contribution in [0.1, 0.15) is 25.8 Å². The first-order valence-corrected chi connectivity index (χ1v) is 8.68. The Morgan fingerprint density at radius 1 is 1.38 bits per heavy atom. The minimum absolute atomic E-state index is 0.0947. The molecule has 0 aliphatic rings. The molecule has 0 heterocycles. The number of carbonyl (C=O) groups is 1. The summed E-state index contributed by atoms with van der Waals surface area (Å²) in [6.45, 7) is 5.67. The largest absolute Gasteiger partial charge is 0.325 e. The van der Waals surface area contributed by atoms with Crippen molar-refractivity contribution in [1.29, 1.82) is 0 Å². The van der Waals surface area contributed by atoms with Crippen LogP contribution in [0.3, 0.4) is 0 Å². The van der Waals surface area contributed by atoms with Gasteiger partial charge in [0.05, 0.1) is 18.0 Å². The van der Waals surface area contributed by atoms with Crippen LogP contribution in [0, 0.1) is 12.8 Å². The van der Waals surface area contributed by atoms with E-state index in [4.69, 9.17) is 5.73 Å². The van der Waals surface area contributed by atoms with Crippen LogP contribution in [0.5, 0.6) is 0 Å². The molecular formula is C14H23N3O3S. The maximum Gasteiger partial charge on any atom is 0.241 e. The molecule has 0 aromatic heterocycles. The summed E-state index contributed by atoms with van der Waals surface area (Å²) in [5, 5.41) is 2.75. The van der Waals surface area contributed by atoms with Gasteiger partial charge in [0, 0.05) is 5.69 Å². The lowest BCUT2D eigenvalue weighted by Gasteiger charge is -2.18. The van der Waals surface area contributed by atoms with E-state index in [2.05, 4.69) is 10.0 Å². The number of benzene rings is 1. The van der Waals surface area contributed by atoms with Crippen molar-refractivity contribution in [3.63, 3.8) is 0 Å². The molecule has 1 aromatic carbocycles. The van der Waals surface area contributed by atoms with Crippen LogP contribution in [0.15, 0.2) is 18.2 Å². The fraction of sp³-hybridized carbons (Fsp3) is 0.500. The van der Waals surface area contributed by atoms with Crippen LogP contribution in [0.2, 0.25) is 0 Å². The van der Waals surface area contributed by atoms with E-state index in [0.29, 0.717) is 11.4 Å². The van der Waals surface area contributed by atoms with Crippen LogP contribution in [0.4, 0.5) is 11.4 Å². The zero-order chi connectivity index (χ0) is 16.2. The molecule has 6 nitrogen and oxygen atoms in total. The van der Waals surface area contributed by atoms with Crippen LogP contribution < -0.4 is 15.8 Å². The second-order valence-corrected chi connectivity index (χ2v) is 7.05. The number of amides is 1. The van der Waals surface area contributed by atoms with Gasteiger partial charge in [-0.25, -0.2) is 8.42 Å². The molecule has 0 saturated heterocycles. The van der Waals surface area contributed by atoms with Crippen molar-refractivity contribution in [1.82, 2.24) is 0 Å². The average molecular weight is 313 g/mol. The van der Waals surface area contributed by atoms with Crippen molar-refractivity contribution >= 4 is 27.3 Å². The Morgan fingerprint density at radius 2 is 2.00 bits per heavy atom. The number of carbonyl (C=O) groups excluding carboxylic acids is 1. The van der Waals surface area contributed by atoms with Gasteiger partial charge >= 0.3 is 0 Å². The van der Waals surface area contributed by atoms with E-state index in [1.54, 1.807) is 25.1 Å². The summed E-state index contributed by atoms with van der Waals surface area (Å²) in [6.07, 6.45) is 1.91. The van der Waals surface area contributed by atoms with Gasteiger partial charge in [-0.2, -0.15) is 0 Å². The van der Waals surface area contributed by atoms with E-state index in [9.17, 15) is 13.2 Å². The Morgan fingerprint density at radius 3 is 2.48 bits per heavy atom. The number of hydrogen-bond acceptors (Lipinski definition) is 4. The maximum atomic E-state index is 12.0. The molecule has 1 aromatic rings. The van der Waals surface area contributed by atoms with Gasteiger partial charge in [-0.1, -0.05) is 20.3 Å². The molecule has 1 rings (SSSR count). The van der Waals surface area contributed by atoms with E-state index >= 15 is 0 Å². The van der Waals surface area contributed by atoms with E-state index in [0.717, 1.165) is 18.2 Å². The molecule has 0 unspecified atom stereocenters. The summed E-state index contributed by atoms with van der Waals surface area (Å²) in [7, 11) is -3.32. The Labute approximate surface area is 126 Å². The van der Waals surface area contributed by atoms with Gasteiger partial charge in [-0.05, 0) is 36.6 Å². The molecule has 0 fully saturated rings. The summed E-state index contributed by atoms with van der Waals surface area (Å²) in [5.74, 6) is -0.148. The lowest BCUT2D eigenvalue weighted by molar-refractivity contribution is -0.118. The topological polar surface area (TPSA) is 101 Å². The molecule has 0 bridgehead atoms. The van der Waals surface area contributed by atoms with Crippen molar-refractivity contribution in [2.75, 3.05) is 16.3 Å². The number of nitrogens with two attached hydrogens (primary N) is 1. The zero-order valence-electron chi connectivity index (χ0n) is 12.8. The van der Waals surface area contributed by atoms with E-state index in [-0.39, 0.29) is 11.8 Å². The van der Waals surface area contributed by atoms with Crippen molar-refractivity contribution in [2.24, 2.45) is 11.7 Å². The Kier molecular flexibility index (Phi) is 5.74. The summed E-state index contributed by atoms with van der Waals surface area (Å²) in [6, 6.07) is 4.39. The predicted octanol–water partition coefficient (Wildman–Crippen LogP) is 1.68. The van der Waals surface area contributed by atoms with E-state index in [1.165, 1.54) is 0 Å². The third kappa shape index (κ3) is 5.35. The van der Waals surface area contributed by atoms with Gasteiger partial charge in [0.15, 0.2) is 0 Å². The van der Waals surface area contributed by atoms with Crippen molar-refractivity contribution in [2.45, 2.75) is 33.2 Å². The summed E-state index contributed by atoms with van der Waals surface area (Å²) in [4.78, 5) is 12.0. The fourth-order valence-electron chi connectivity index (χ4n) is 1.79. The number of hydrogen-bond donors (Lipinski definition) is 3. The Bertz CT molecular complexity index is 614. The minimum Gasteiger partial charge on any atom is -0.325 e. The number of sulfonamides is 1. The summed E-state index contributed by atoms with van der Waals surface area (Å²) < 4.78 is 24.8. The Hall–Kier alpha value is -1.60. The normalized spacial score (nSPS) is 14.3. The highest BCUT2D eigenvalue weighted by Gasteiger charge is 2.19. The van der Waals surface area contributed by atoms with E-state index < -0.39 is 16.1 Å². The fourth-order valence-corrected chi connectivity index (χ4v) is 2.42. The lowest BCUT2D eigenvalue weighted by atomic mass is 9.99. The molecule has 0 aliphatic heterocycles. The molecule has 7 heteroatoms. The number of anilines is 2. The second-order valence-electron chi connectivity index (χ2n) is 5.30. The summed E-state index contributed by atoms with van der Waals surface area (Å²) >= 11 is 0. The standard InChI is InChI=1S/C14H23N3O3S/c1-5-9(2)13(15)14(18)16-11-6-7-12(10(3)8-11)17-21(4,19)20/h6-9,13,17H,5,15H2,1-4H3,(H,16,18)/t9-,13-/m0/s1. The van der Waals surface area contributed by atoms with Gasteiger partial charge in [0.25, 0.3) is 0 Å². The summed E-state index contributed by atoms with van der Waals surface area (Å²) in [5.41, 5.74) is 7.67. The van der Waals surface area contributed by atoms with Gasteiger partial charge in [-0.15, -0.1) is 0 Å². The maximum absolute atomic E-state index is 12.0. The lowest BCUT2D eigenvalue weighted by Crippen LogP contribution is -2.40. The quantitative estimate of drug-likeness (QED) is 0.743. The third-order valence-corrected chi connectivity index (χ3v) is 3.94. The average Bonchev–Trinajstić information content (AvgIpc) is 2.38. The molecule has 0 spiro atoms. The molecule has 0 radical (unpaired) electrons. The van der Waals surface area contributed by atoms with Crippen molar-refractivity contribution in [3.8, 4) is 0 Å². The molecule has 2 atom stereocenters. The highest BCUT2D eigenvalue weighted by molar-refractivity contribution is 7.92.